The van der Waals surface area contributed by atoms with E-state index in [2.05, 4.69) is 36.5 Å². The van der Waals surface area contributed by atoms with Crippen molar-refractivity contribution < 1.29 is 9.47 Å². The largest absolute Gasteiger partial charge is 0.457 e. The predicted molar refractivity (Wildman–Crippen MR) is 109 cm³/mol. The first-order chi connectivity index (χ1) is 13.2. The molecule has 0 atom stereocenters. The zero-order valence-electron chi connectivity index (χ0n) is 15.7. The lowest BCUT2D eigenvalue weighted by Gasteiger charge is -2.41. The SMILES string of the molecule is CN(C)C1(c2nc(-c3ccc(Oc4ccccc4)cc3)cs2)CCOCC1. The van der Waals surface area contributed by atoms with Gasteiger partial charge >= 0.3 is 0 Å². The van der Waals surface area contributed by atoms with Gasteiger partial charge in [-0.15, -0.1) is 11.3 Å². The van der Waals surface area contributed by atoms with E-state index in [0.29, 0.717) is 0 Å². The summed E-state index contributed by atoms with van der Waals surface area (Å²) >= 11 is 1.75. The summed E-state index contributed by atoms with van der Waals surface area (Å²) in [5.41, 5.74) is 2.12. The van der Waals surface area contributed by atoms with Crippen molar-refractivity contribution in [3.05, 3.63) is 65.0 Å². The van der Waals surface area contributed by atoms with Crippen LogP contribution in [0.2, 0.25) is 0 Å². The van der Waals surface area contributed by atoms with Crippen LogP contribution in [0.4, 0.5) is 0 Å². The molecular weight excluding hydrogens is 356 g/mol. The lowest BCUT2D eigenvalue weighted by atomic mass is 9.89. The zero-order valence-corrected chi connectivity index (χ0v) is 16.5. The number of hydrogen-bond acceptors (Lipinski definition) is 5. The van der Waals surface area contributed by atoms with Gasteiger partial charge in [-0.05, 0) is 63.3 Å². The highest BCUT2D eigenvalue weighted by Gasteiger charge is 2.39. The van der Waals surface area contributed by atoms with Crippen molar-refractivity contribution >= 4 is 11.3 Å². The van der Waals surface area contributed by atoms with E-state index in [4.69, 9.17) is 14.5 Å². The van der Waals surface area contributed by atoms with Crippen LogP contribution in [0.15, 0.2) is 60.0 Å². The Morgan fingerprint density at radius 1 is 0.963 bits per heavy atom. The van der Waals surface area contributed by atoms with E-state index in [1.807, 2.05) is 42.5 Å². The summed E-state index contributed by atoms with van der Waals surface area (Å²) in [4.78, 5) is 7.29. The molecule has 0 amide bonds. The number of ether oxygens (including phenoxy) is 2. The smallest absolute Gasteiger partial charge is 0.127 e. The molecule has 4 nitrogen and oxygen atoms in total. The lowest BCUT2D eigenvalue weighted by Crippen LogP contribution is -2.45. The molecular formula is C22H24N2O2S. The van der Waals surface area contributed by atoms with E-state index in [1.165, 1.54) is 5.01 Å². The van der Waals surface area contributed by atoms with Crippen LogP contribution in [0.25, 0.3) is 11.3 Å². The molecule has 27 heavy (non-hydrogen) atoms. The number of thiazole rings is 1. The molecule has 2 heterocycles. The van der Waals surface area contributed by atoms with Gasteiger partial charge in [-0.1, -0.05) is 18.2 Å². The van der Waals surface area contributed by atoms with Crippen molar-refractivity contribution in [2.45, 2.75) is 18.4 Å². The van der Waals surface area contributed by atoms with E-state index < -0.39 is 0 Å². The Balaban J connectivity index is 1.54. The number of aromatic nitrogens is 1. The molecule has 1 fully saturated rings. The minimum Gasteiger partial charge on any atom is -0.457 e. The summed E-state index contributed by atoms with van der Waals surface area (Å²) in [6.45, 7) is 1.58. The Morgan fingerprint density at radius 2 is 1.63 bits per heavy atom. The third-order valence-electron chi connectivity index (χ3n) is 5.21. The second-order valence-corrected chi connectivity index (χ2v) is 7.87. The Bertz CT molecular complexity index is 869. The highest BCUT2D eigenvalue weighted by Crippen LogP contribution is 2.39. The zero-order chi connectivity index (χ0) is 18.7. The number of benzene rings is 2. The molecule has 4 rings (SSSR count). The number of hydrogen-bond donors (Lipinski definition) is 0. The number of rotatable bonds is 5. The van der Waals surface area contributed by atoms with Crippen molar-refractivity contribution in [3.8, 4) is 22.8 Å². The van der Waals surface area contributed by atoms with Crippen LogP contribution in [0.3, 0.4) is 0 Å². The summed E-state index contributed by atoms with van der Waals surface area (Å²) < 4.78 is 11.5. The normalized spacial score (nSPS) is 16.4. The molecule has 1 saturated heterocycles. The average molecular weight is 381 g/mol. The topological polar surface area (TPSA) is 34.6 Å². The minimum atomic E-state index is -0.0163. The summed E-state index contributed by atoms with van der Waals surface area (Å²) in [5.74, 6) is 1.67. The van der Waals surface area contributed by atoms with Crippen molar-refractivity contribution in [1.82, 2.24) is 9.88 Å². The summed E-state index contributed by atoms with van der Waals surface area (Å²) in [6.07, 6.45) is 1.97. The summed E-state index contributed by atoms with van der Waals surface area (Å²) in [6, 6.07) is 18.0. The fraction of sp³-hybridized carbons (Fsp3) is 0.318. The van der Waals surface area contributed by atoms with Crippen LogP contribution in [-0.2, 0) is 10.3 Å². The van der Waals surface area contributed by atoms with Crippen molar-refractivity contribution in [2.24, 2.45) is 0 Å². The Hall–Kier alpha value is -2.21. The van der Waals surface area contributed by atoms with Crippen molar-refractivity contribution in [2.75, 3.05) is 27.3 Å². The van der Waals surface area contributed by atoms with Gasteiger partial charge < -0.3 is 9.47 Å². The van der Waals surface area contributed by atoms with E-state index in [0.717, 1.165) is 48.8 Å². The third-order valence-corrected chi connectivity index (χ3v) is 6.24. The van der Waals surface area contributed by atoms with Crippen molar-refractivity contribution in [3.63, 3.8) is 0 Å². The molecule has 140 valence electrons. The third kappa shape index (κ3) is 3.76. The summed E-state index contributed by atoms with van der Waals surface area (Å²) in [5, 5.41) is 3.33. The van der Waals surface area contributed by atoms with Crippen LogP contribution >= 0.6 is 11.3 Å². The van der Waals surface area contributed by atoms with Gasteiger partial charge in [0.25, 0.3) is 0 Å². The van der Waals surface area contributed by atoms with E-state index in [9.17, 15) is 0 Å². The molecule has 0 spiro atoms. The molecule has 1 aliphatic heterocycles. The summed E-state index contributed by atoms with van der Waals surface area (Å²) in [7, 11) is 4.28. The van der Waals surface area contributed by atoms with Crippen LogP contribution in [0, 0.1) is 0 Å². The Kier molecular flexibility index (Phi) is 5.25. The molecule has 5 heteroatoms. The highest BCUT2D eigenvalue weighted by atomic mass is 32.1. The number of nitrogens with zero attached hydrogens (tertiary/aromatic N) is 2. The maximum atomic E-state index is 5.88. The molecule has 0 unspecified atom stereocenters. The molecule has 1 aromatic heterocycles. The van der Waals surface area contributed by atoms with Gasteiger partial charge in [0.1, 0.15) is 16.5 Å². The Labute approximate surface area is 164 Å². The number of para-hydroxylation sites is 1. The first-order valence-corrected chi connectivity index (χ1v) is 10.1. The van der Waals surface area contributed by atoms with Gasteiger partial charge in [0.2, 0.25) is 0 Å². The average Bonchev–Trinajstić information content (AvgIpc) is 3.20. The van der Waals surface area contributed by atoms with Gasteiger partial charge in [-0.25, -0.2) is 4.98 Å². The predicted octanol–water partition coefficient (Wildman–Crippen LogP) is 5.17. The van der Waals surface area contributed by atoms with Gasteiger partial charge in [-0.3, -0.25) is 4.90 Å². The molecule has 0 N–H and O–H groups in total. The fourth-order valence-electron chi connectivity index (χ4n) is 3.50. The standard InChI is InChI=1S/C22H24N2O2S/c1-24(2)22(12-14-25-15-13-22)21-23-20(16-27-21)17-8-10-19(11-9-17)26-18-6-4-3-5-7-18/h3-11,16H,12-15H2,1-2H3. The van der Waals surface area contributed by atoms with Gasteiger partial charge in [0.15, 0.2) is 0 Å². The van der Waals surface area contributed by atoms with Crippen LogP contribution in [0.1, 0.15) is 17.8 Å². The van der Waals surface area contributed by atoms with E-state index in [-0.39, 0.29) is 5.54 Å². The molecule has 0 aliphatic carbocycles. The maximum absolute atomic E-state index is 5.88. The van der Waals surface area contributed by atoms with Crippen LogP contribution in [-0.4, -0.2) is 37.2 Å². The molecule has 0 bridgehead atoms. The fourth-order valence-corrected chi connectivity index (χ4v) is 4.67. The van der Waals surface area contributed by atoms with Gasteiger partial charge in [0, 0.05) is 24.2 Å². The molecule has 3 aromatic rings. The first-order valence-electron chi connectivity index (χ1n) is 9.22. The second-order valence-electron chi connectivity index (χ2n) is 7.02. The van der Waals surface area contributed by atoms with Crippen LogP contribution < -0.4 is 4.74 Å². The molecule has 2 aromatic carbocycles. The first kappa shape index (κ1) is 18.2. The monoisotopic (exact) mass is 380 g/mol. The quantitative estimate of drug-likeness (QED) is 0.612. The Morgan fingerprint density at radius 3 is 2.30 bits per heavy atom. The van der Waals surface area contributed by atoms with E-state index in [1.54, 1.807) is 11.3 Å². The molecule has 1 aliphatic rings. The lowest BCUT2D eigenvalue weighted by molar-refractivity contribution is -0.0106. The molecule has 0 radical (unpaired) electrons. The second kappa shape index (κ2) is 7.80. The van der Waals surface area contributed by atoms with Crippen molar-refractivity contribution in [1.29, 1.82) is 0 Å². The van der Waals surface area contributed by atoms with Gasteiger partial charge in [0.05, 0.1) is 11.2 Å². The van der Waals surface area contributed by atoms with E-state index >= 15 is 0 Å². The maximum Gasteiger partial charge on any atom is 0.127 e. The highest BCUT2D eigenvalue weighted by molar-refractivity contribution is 7.10. The van der Waals surface area contributed by atoms with Crippen LogP contribution in [0.5, 0.6) is 11.5 Å². The molecule has 0 saturated carbocycles. The van der Waals surface area contributed by atoms with Gasteiger partial charge in [-0.2, -0.15) is 0 Å². The minimum absolute atomic E-state index is 0.0163.